The standard InChI is InChI=1S/C20H16Cl2N4O5/c1-26-18(14(9-23-26)20(29)30)25-19(28)11-2-5-13(6-3-11)24-17(27)10-31-16-7-4-12(21)8-15(16)22/h2-9H,10H2,1H3,(H,24,27)(H,25,28)(H,29,30). The van der Waals surface area contributed by atoms with Gasteiger partial charge in [-0.1, -0.05) is 23.2 Å². The molecule has 0 saturated carbocycles. The molecule has 0 unspecified atom stereocenters. The fraction of sp³-hybridized carbons (Fsp3) is 0.100. The van der Waals surface area contributed by atoms with Crippen LogP contribution in [0.15, 0.2) is 48.7 Å². The summed E-state index contributed by atoms with van der Waals surface area (Å²) in [6.07, 6.45) is 1.15. The van der Waals surface area contributed by atoms with Gasteiger partial charge in [-0.2, -0.15) is 5.10 Å². The fourth-order valence-corrected chi connectivity index (χ4v) is 3.02. The van der Waals surface area contributed by atoms with Crippen molar-refractivity contribution >= 4 is 52.5 Å². The number of aryl methyl sites for hydroxylation is 1. The van der Waals surface area contributed by atoms with E-state index in [0.29, 0.717) is 16.5 Å². The van der Waals surface area contributed by atoms with Crippen molar-refractivity contribution < 1.29 is 24.2 Å². The second-order valence-corrected chi connectivity index (χ2v) is 7.12. The van der Waals surface area contributed by atoms with Crippen molar-refractivity contribution in [2.45, 2.75) is 0 Å². The Balaban J connectivity index is 1.58. The van der Waals surface area contributed by atoms with Crippen LogP contribution in [0.5, 0.6) is 5.75 Å². The van der Waals surface area contributed by atoms with Gasteiger partial charge in [-0.05, 0) is 42.5 Å². The van der Waals surface area contributed by atoms with E-state index in [0.717, 1.165) is 6.20 Å². The highest BCUT2D eigenvalue weighted by Gasteiger charge is 2.18. The molecule has 1 heterocycles. The smallest absolute Gasteiger partial charge is 0.341 e. The number of halogens is 2. The Morgan fingerprint density at radius 1 is 1.10 bits per heavy atom. The second kappa shape index (κ2) is 9.50. The van der Waals surface area contributed by atoms with E-state index in [2.05, 4.69) is 15.7 Å². The lowest BCUT2D eigenvalue weighted by molar-refractivity contribution is -0.118. The summed E-state index contributed by atoms with van der Waals surface area (Å²) in [5, 5.41) is 18.9. The van der Waals surface area contributed by atoms with Gasteiger partial charge < -0.3 is 20.5 Å². The highest BCUT2D eigenvalue weighted by Crippen LogP contribution is 2.27. The quantitative estimate of drug-likeness (QED) is 0.491. The van der Waals surface area contributed by atoms with Crippen LogP contribution in [0.1, 0.15) is 20.7 Å². The summed E-state index contributed by atoms with van der Waals surface area (Å²) in [4.78, 5) is 35.7. The Morgan fingerprint density at radius 2 is 1.81 bits per heavy atom. The van der Waals surface area contributed by atoms with E-state index in [9.17, 15) is 14.4 Å². The molecule has 3 aromatic rings. The first-order valence-electron chi connectivity index (χ1n) is 8.79. The van der Waals surface area contributed by atoms with Crippen LogP contribution < -0.4 is 15.4 Å². The number of rotatable bonds is 7. The zero-order chi connectivity index (χ0) is 22.5. The lowest BCUT2D eigenvalue weighted by Crippen LogP contribution is -2.20. The van der Waals surface area contributed by atoms with Gasteiger partial charge in [0.1, 0.15) is 17.1 Å². The van der Waals surface area contributed by atoms with E-state index in [-0.39, 0.29) is 28.6 Å². The van der Waals surface area contributed by atoms with Gasteiger partial charge in [0.05, 0.1) is 11.2 Å². The zero-order valence-electron chi connectivity index (χ0n) is 16.1. The third kappa shape index (κ3) is 5.53. The number of aromatic carboxylic acids is 1. The molecule has 0 radical (unpaired) electrons. The number of carbonyl (C=O) groups is 3. The van der Waals surface area contributed by atoms with Crippen LogP contribution in [0.3, 0.4) is 0 Å². The SMILES string of the molecule is Cn1ncc(C(=O)O)c1NC(=O)c1ccc(NC(=O)COc2ccc(Cl)cc2Cl)cc1. The Kier molecular flexibility index (Phi) is 6.78. The number of nitrogens with zero attached hydrogens (tertiary/aromatic N) is 2. The maximum absolute atomic E-state index is 12.4. The van der Waals surface area contributed by atoms with Crippen molar-refractivity contribution in [2.24, 2.45) is 7.05 Å². The summed E-state index contributed by atoms with van der Waals surface area (Å²) in [5.74, 6) is -1.77. The number of hydrogen-bond donors (Lipinski definition) is 3. The highest BCUT2D eigenvalue weighted by molar-refractivity contribution is 6.35. The molecule has 0 atom stereocenters. The predicted molar refractivity (Wildman–Crippen MR) is 115 cm³/mol. The molecule has 0 aliphatic rings. The van der Waals surface area contributed by atoms with E-state index in [4.69, 9.17) is 33.0 Å². The third-order valence-corrected chi connectivity index (χ3v) is 4.62. The average Bonchev–Trinajstić information content (AvgIpc) is 3.08. The fourth-order valence-electron chi connectivity index (χ4n) is 2.56. The van der Waals surface area contributed by atoms with E-state index < -0.39 is 17.8 Å². The van der Waals surface area contributed by atoms with Gasteiger partial charge >= 0.3 is 5.97 Å². The van der Waals surface area contributed by atoms with Gasteiger partial charge in [-0.3, -0.25) is 14.3 Å². The van der Waals surface area contributed by atoms with Gasteiger partial charge in [-0.25, -0.2) is 4.79 Å². The molecule has 0 saturated heterocycles. The number of anilines is 2. The van der Waals surface area contributed by atoms with Gasteiger partial charge in [0.2, 0.25) is 0 Å². The first kappa shape index (κ1) is 22.1. The maximum atomic E-state index is 12.4. The first-order chi connectivity index (χ1) is 14.7. The van der Waals surface area contributed by atoms with Crippen molar-refractivity contribution in [1.82, 2.24) is 9.78 Å². The number of hydrogen-bond acceptors (Lipinski definition) is 5. The minimum atomic E-state index is -1.21. The molecule has 0 fully saturated rings. The number of carboxylic acid groups (broad SMARTS) is 1. The normalized spacial score (nSPS) is 10.4. The van der Waals surface area contributed by atoms with Crippen molar-refractivity contribution in [3.05, 3.63) is 69.8 Å². The minimum Gasteiger partial charge on any atom is -0.482 e. The van der Waals surface area contributed by atoms with E-state index in [1.165, 1.54) is 42.1 Å². The molecular formula is C20H16Cl2N4O5. The van der Waals surface area contributed by atoms with Crippen molar-refractivity contribution in [2.75, 3.05) is 17.2 Å². The summed E-state index contributed by atoms with van der Waals surface area (Å²) in [7, 11) is 1.51. The Bertz CT molecular complexity index is 1140. The molecule has 31 heavy (non-hydrogen) atoms. The predicted octanol–water partition coefficient (Wildman–Crippen LogP) is 3.69. The zero-order valence-corrected chi connectivity index (χ0v) is 17.6. The van der Waals surface area contributed by atoms with E-state index in [1.54, 1.807) is 12.1 Å². The largest absolute Gasteiger partial charge is 0.482 e. The third-order valence-electron chi connectivity index (χ3n) is 4.08. The van der Waals surface area contributed by atoms with Crippen LogP contribution in [-0.4, -0.2) is 39.3 Å². The van der Waals surface area contributed by atoms with Crippen molar-refractivity contribution in [3.8, 4) is 5.75 Å². The molecule has 0 spiro atoms. The van der Waals surface area contributed by atoms with Crippen LogP contribution in [-0.2, 0) is 11.8 Å². The number of ether oxygens (including phenoxy) is 1. The number of carboxylic acids is 1. The van der Waals surface area contributed by atoms with Gasteiger partial charge in [0.25, 0.3) is 11.8 Å². The lowest BCUT2D eigenvalue weighted by atomic mass is 10.2. The summed E-state index contributed by atoms with van der Waals surface area (Å²) in [5.41, 5.74) is 0.583. The van der Waals surface area contributed by atoms with Gasteiger partial charge in [0.15, 0.2) is 6.61 Å². The number of benzene rings is 2. The highest BCUT2D eigenvalue weighted by atomic mass is 35.5. The van der Waals surface area contributed by atoms with Crippen LogP contribution in [0.4, 0.5) is 11.5 Å². The first-order valence-corrected chi connectivity index (χ1v) is 9.54. The summed E-state index contributed by atoms with van der Waals surface area (Å²) in [6, 6.07) is 10.7. The van der Waals surface area contributed by atoms with Crippen LogP contribution in [0.2, 0.25) is 10.0 Å². The molecule has 2 amide bonds. The molecule has 3 N–H and O–H groups in total. The van der Waals surface area contributed by atoms with E-state index >= 15 is 0 Å². The maximum Gasteiger partial charge on any atom is 0.341 e. The molecule has 160 valence electrons. The summed E-state index contributed by atoms with van der Waals surface area (Å²) in [6.45, 7) is -0.276. The van der Waals surface area contributed by atoms with Gasteiger partial charge in [-0.15, -0.1) is 0 Å². The molecule has 2 aromatic carbocycles. The average molecular weight is 463 g/mol. The van der Waals surface area contributed by atoms with Crippen LogP contribution in [0, 0.1) is 0 Å². The number of carbonyl (C=O) groups excluding carboxylic acids is 2. The second-order valence-electron chi connectivity index (χ2n) is 6.28. The van der Waals surface area contributed by atoms with Crippen LogP contribution >= 0.6 is 23.2 Å². The van der Waals surface area contributed by atoms with Crippen molar-refractivity contribution in [1.29, 1.82) is 0 Å². The van der Waals surface area contributed by atoms with Crippen molar-refractivity contribution in [3.63, 3.8) is 0 Å². The minimum absolute atomic E-state index is 0.0629. The topological polar surface area (TPSA) is 123 Å². The monoisotopic (exact) mass is 462 g/mol. The molecule has 9 nitrogen and oxygen atoms in total. The Morgan fingerprint density at radius 3 is 2.45 bits per heavy atom. The number of amides is 2. The molecule has 3 rings (SSSR count). The lowest BCUT2D eigenvalue weighted by Gasteiger charge is -2.10. The molecular weight excluding hydrogens is 447 g/mol. The Labute approximate surface area is 186 Å². The number of aromatic nitrogens is 2. The summed E-state index contributed by atoms with van der Waals surface area (Å²) < 4.78 is 6.62. The Hall–Kier alpha value is -3.56. The van der Waals surface area contributed by atoms with Gasteiger partial charge in [0, 0.05) is 23.3 Å². The number of nitrogens with one attached hydrogen (secondary N) is 2. The summed E-state index contributed by atoms with van der Waals surface area (Å²) >= 11 is 11.8. The molecule has 11 heteroatoms. The van der Waals surface area contributed by atoms with Crippen LogP contribution in [0.25, 0.3) is 0 Å². The molecule has 0 bridgehead atoms. The molecule has 1 aromatic heterocycles. The van der Waals surface area contributed by atoms with E-state index in [1.807, 2.05) is 0 Å². The molecule has 0 aliphatic carbocycles. The molecule has 0 aliphatic heterocycles.